The van der Waals surface area contributed by atoms with E-state index < -0.39 is 0 Å². The van der Waals surface area contributed by atoms with E-state index in [2.05, 4.69) is 10.3 Å². The largest absolute Gasteiger partial charge is 0.378 e. The quantitative estimate of drug-likeness (QED) is 0.754. The molecule has 1 amide bonds. The molecule has 0 atom stereocenters. The summed E-state index contributed by atoms with van der Waals surface area (Å²) in [4.78, 5) is 15.7. The smallest absolute Gasteiger partial charge is 0.262 e. The zero-order valence-electron chi connectivity index (χ0n) is 6.96. The summed E-state index contributed by atoms with van der Waals surface area (Å²) in [7, 11) is 3.19. The van der Waals surface area contributed by atoms with Gasteiger partial charge in [0, 0.05) is 14.2 Å². The maximum absolute atomic E-state index is 11.0. The second-order valence-corrected chi connectivity index (χ2v) is 3.25. The summed E-state index contributed by atoms with van der Waals surface area (Å²) in [5.41, 5.74) is 0. The zero-order valence-corrected chi connectivity index (χ0v) is 7.77. The van der Waals surface area contributed by atoms with Crippen molar-refractivity contribution in [2.75, 3.05) is 14.2 Å². The molecule has 0 aliphatic rings. The number of hydrogen-bond acceptors (Lipinski definition) is 4. The van der Waals surface area contributed by atoms with Crippen molar-refractivity contribution in [3.8, 4) is 0 Å². The molecule has 4 nitrogen and oxygen atoms in total. The van der Waals surface area contributed by atoms with Gasteiger partial charge in [0.2, 0.25) is 0 Å². The number of rotatable bonds is 3. The van der Waals surface area contributed by atoms with Gasteiger partial charge in [-0.15, -0.1) is 11.3 Å². The highest BCUT2D eigenvalue weighted by Gasteiger charge is 2.07. The first-order valence-corrected chi connectivity index (χ1v) is 4.25. The summed E-state index contributed by atoms with van der Waals surface area (Å²) in [6.07, 6.45) is 1.55. The minimum Gasteiger partial charge on any atom is -0.378 e. The van der Waals surface area contributed by atoms with Gasteiger partial charge in [-0.05, 0) is 0 Å². The molecule has 5 heteroatoms. The van der Waals surface area contributed by atoms with Crippen LogP contribution in [-0.4, -0.2) is 25.0 Å². The summed E-state index contributed by atoms with van der Waals surface area (Å²) in [5.74, 6) is -0.102. The van der Waals surface area contributed by atoms with Crippen molar-refractivity contribution in [2.45, 2.75) is 6.61 Å². The van der Waals surface area contributed by atoms with Gasteiger partial charge in [0.05, 0.1) is 12.8 Å². The molecule has 0 bridgehead atoms. The van der Waals surface area contributed by atoms with E-state index in [0.717, 1.165) is 5.01 Å². The Labute approximate surface area is 74.6 Å². The number of carbonyl (C=O) groups is 1. The molecule has 0 saturated carbocycles. The van der Waals surface area contributed by atoms with Crippen LogP contribution in [0.1, 0.15) is 14.7 Å². The Morgan fingerprint density at radius 2 is 2.58 bits per heavy atom. The minimum atomic E-state index is -0.102. The third-order valence-electron chi connectivity index (χ3n) is 1.27. The van der Waals surface area contributed by atoms with Crippen molar-refractivity contribution >= 4 is 17.2 Å². The van der Waals surface area contributed by atoms with Crippen molar-refractivity contribution in [3.63, 3.8) is 0 Å². The van der Waals surface area contributed by atoms with Gasteiger partial charge in [0.1, 0.15) is 9.88 Å². The van der Waals surface area contributed by atoms with E-state index in [1.165, 1.54) is 11.3 Å². The van der Waals surface area contributed by atoms with E-state index in [1.54, 1.807) is 20.4 Å². The highest BCUT2D eigenvalue weighted by molar-refractivity contribution is 7.13. The van der Waals surface area contributed by atoms with Crippen LogP contribution in [0.5, 0.6) is 0 Å². The first-order valence-electron chi connectivity index (χ1n) is 3.43. The number of carbonyl (C=O) groups excluding carboxylic acids is 1. The maximum Gasteiger partial charge on any atom is 0.262 e. The Kier molecular flexibility index (Phi) is 3.19. The summed E-state index contributed by atoms with van der Waals surface area (Å²) >= 11 is 1.34. The summed E-state index contributed by atoms with van der Waals surface area (Å²) in [6.45, 7) is 0.460. The van der Waals surface area contributed by atoms with Gasteiger partial charge in [-0.3, -0.25) is 4.79 Å². The van der Waals surface area contributed by atoms with Crippen LogP contribution in [0.25, 0.3) is 0 Å². The van der Waals surface area contributed by atoms with Gasteiger partial charge < -0.3 is 10.1 Å². The van der Waals surface area contributed by atoms with Crippen LogP contribution in [0.4, 0.5) is 0 Å². The van der Waals surface area contributed by atoms with Crippen LogP contribution in [0.3, 0.4) is 0 Å². The van der Waals surface area contributed by atoms with Gasteiger partial charge >= 0.3 is 0 Å². The van der Waals surface area contributed by atoms with E-state index in [4.69, 9.17) is 4.74 Å². The van der Waals surface area contributed by atoms with Gasteiger partial charge in [0.25, 0.3) is 5.91 Å². The molecule has 0 spiro atoms. The lowest BCUT2D eigenvalue weighted by molar-refractivity contribution is 0.0967. The third kappa shape index (κ3) is 2.02. The Morgan fingerprint density at radius 1 is 1.83 bits per heavy atom. The molecule has 0 aliphatic carbocycles. The number of nitrogens with one attached hydrogen (secondary N) is 1. The van der Waals surface area contributed by atoms with E-state index in [1.807, 2.05) is 0 Å². The molecule has 0 aliphatic heterocycles. The van der Waals surface area contributed by atoms with Crippen LogP contribution >= 0.6 is 11.3 Å². The Hall–Kier alpha value is -0.940. The molecule has 1 aromatic heterocycles. The molecular formula is C7H10N2O2S. The number of hydrogen-bond donors (Lipinski definition) is 1. The molecule has 0 fully saturated rings. The van der Waals surface area contributed by atoms with Crippen molar-refractivity contribution in [2.24, 2.45) is 0 Å². The normalized spacial score (nSPS) is 9.83. The lowest BCUT2D eigenvalue weighted by Crippen LogP contribution is -2.16. The number of thiazole rings is 1. The highest BCUT2D eigenvalue weighted by Crippen LogP contribution is 2.12. The number of ether oxygens (including phenoxy) is 1. The molecular weight excluding hydrogens is 176 g/mol. The Morgan fingerprint density at radius 3 is 3.17 bits per heavy atom. The van der Waals surface area contributed by atoms with E-state index >= 15 is 0 Å². The molecule has 0 aromatic carbocycles. The minimum absolute atomic E-state index is 0.102. The summed E-state index contributed by atoms with van der Waals surface area (Å²) < 4.78 is 4.87. The van der Waals surface area contributed by atoms with Crippen LogP contribution in [0, 0.1) is 0 Å². The third-order valence-corrected chi connectivity index (χ3v) is 2.24. The maximum atomic E-state index is 11.0. The molecule has 0 saturated heterocycles. The molecule has 66 valence electrons. The van der Waals surface area contributed by atoms with Crippen LogP contribution < -0.4 is 5.32 Å². The van der Waals surface area contributed by atoms with Crippen molar-refractivity contribution in [1.82, 2.24) is 10.3 Å². The van der Waals surface area contributed by atoms with Crippen molar-refractivity contribution in [3.05, 3.63) is 16.1 Å². The number of nitrogens with zero attached hydrogens (tertiary/aromatic N) is 1. The summed E-state index contributed by atoms with van der Waals surface area (Å²) in [6, 6.07) is 0. The monoisotopic (exact) mass is 186 g/mol. The second-order valence-electron chi connectivity index (χ2n) is 2.13. The van der Waals surface area contributed by atoms with Crippen molar-refractivity contribution in [1.29, 1.82) is 0 Å². The van der Waals surface area contributed by atoms with E-state index in [0.29, 0.717) is 11.5 Å². The molecule has 0 radical (unpaired) electrons. The van der Waals surface area contributed by atoms with E-state index in [-0.39, 0.29) is 5.91 Å². The molecule has 1 N–H and O–H groups in total. The van der Waals surface area contributed by atoms with Crippen LogP contribution in [0.2, 0.25) is 0 Å². The number of amides is 1. The Balaban J connectivity index is 2.70. The predicted octanol–water partition coefficient (Wildman–Crippen LogP) is 0.649. The molecule has 1 heterocycles. The second kappa shape index (κ2) is 4.18. The molecule has 0 unspecified atom stereocenters. The van der Waals surface area contributed by atoms with Crippen LogP contribution in [-0.2, 0) is 11.3 Å². The predicted molar refractivity (Wildman–Crippen MR) is 46.2 cm³/mol. The fourth-order valence-corrected chi connectivity index (χ4v) is 1.56. The zero-order chi connectivity index (χ0) is 8.97. The van der Waals surface area contributed by atoms with E-state index in [9.17, 15) is 4.79 Å². The SMILES string of the molecule is CNC(=O)c1cnc(COC)s1. The van der Waals surface area contributed by atoms with Gasteiger partial charge in [-0.2, -0.15) is 0 Å². The summed E-state index contributed by atoms with van der Waals surface area (Å²) in [5, 5.41) is 3.34. The number of aromatic nitrogens is 1. The standard InChI is InChI=1S/C7H10N2O2S/c1-8-7(10)5-3-9-6(12-5)4-11-2/h3H,4H2,1-2H3,(H,8,10). The first-order chi connectivity index (χ1) is 5.77. The fourth-order valence-electron chi connectivity index (χ4n) is 0.729. The molecule has 1 rings (SSSR count). The molecule has 12 heavy (non-hydrogen) atoms. The molecule has 1 aromatic rings. The first kappa shape index (κ1) is 9.15. The Bertz CT molecular complexity index is 272. The highest BCUT2D eigenvalue weighted by atomic mass is 32.1. The average molecular weight is 186 g/mol. The van der Waals surface area contributed by atoms with Gasteiger partial charge in [-0.1, -0.05) is 0 Å². The fraction of sp³-hybridized carbons (Fsp3) is 0.429. The lowest BCUT2D eigenvalue weighted by Gasteiger charge is -1.91. The average Bonchev–Trinajstić information content (AvgIpc) is 2.52. The lowest BCUT2D eigenvalue weighted by atomic mass is 10.5. The van der Waals surface area contributed by atoms with Crippen molar-refractivity contribution < 1.29 is 9.53 Å². The topological polar surface area (TPSA) is 51.2 Å². The van der Waals surface area contributed by atoms with Gasteiger partial charge in [0.15, 0.2) is 0 Å². The van der Waals surface area contributed by atoms with Gasteiger partial charge in [-0.25, -0.2) is 4.98 Å². The number of methoxy groups -OCH3 is 1. The van der Waals surface area contributed by atoms with Crippen LogP contribution in [0.15, 0.2) is 6.20 Å².